The van der Waals surface area contributed by atoms with E-state index in [0.29, 0.717) is 44.8 Å². The fourth-order valence-corrected chi connectivity index (χ4v) is 2.64. The van der Waals surface area contributed by atoms with E-state index in [2.05, 4.69) is 5.32 Å². The van der Waals surface area contributed by atoms with Crippen LogP contribution in [0.4, 0.5) is 4.39 Å². The number of piperazine rings is 1. The summed E-state index contributed by atoms with van der Waals surface area (Å²) in [6, 6.07) is 6.47. The van der Waals surface area contributed by atoms with Crippen LogP contribution in [-0.4, -0.2) is 60.9 Å². The maximum Gasteiger partial charge on any atom is 0.234 e. The number of carbonyl (C=O) groups is 2. The van der Waals surface area contributed by atoms with Gasteiger partial charge in [0.15, 0.2) is 0 Å². The molecule has 130 valence electrons. The van der Waals surface area contributed by atoms with Gasteiger partial charge in [-0.25, -0.2) is 4.39 Å². The predicted molar refractivity (Wildman–Crippen MR) is 91.8 cm³/mol. The van der Waals surface area contributed by atoms with Crippen LogP contribution in [0.1, 0.15) is 18.9 Å². The summed E-state index contributed by atoms with van der Waals surface area (Å²) >= 11 is 0. The number of benzene rings is 1. The first kappa shape index (κ1) is 18.1. The van der Waals surface area contributed by atoms with E-state index in [1.807, 2.05) is 11.8 Å². The Morgan fingerprint density at radius 1 is 1.21 bits per heavy atom. The minimum atomic E-state index is -0.292. The summed E-state index contributed by atoms with van der Waals surface area (Å²) in [4.78, 5) is 27.6. The van der Waals surface area contributed by atoms with E-state index >= 15 is 0 Å². The average molecular weight is 333 g/mol. The quantitative estimate of drug-likeness (QED) is 0.859. The molecular formula is C18H24FN3O2. The van der Waals surface area contributed by atoms with Crippen LogP contribution in [-0.2, 0) is 9.59 Å². The van der Waals surface area contributed by atoms with Gasteiger partial charge in [0, 0.05) is 44.7 Å². The summed E-state index contributed by atoms with van der Waals surface area (Å²) < 4.78 is 13.5. The Kier molecular flexibility index (Phi) is 6.93. The Labute approximate surface area is 142 Å². The molecule has 1 saturated heterocycles. The molecule has 0 aliphatic carbocycles. The number of rotatable bonds is 6. The molecule has 1 aliphatic rings. The van der Waals surface area contributed by atoms with Crippen LogP contribution in [0.25, 0.3) is 6.08 Å². The second-order valence-corrected chi connectivity index (χ2v) is 5.74. The molecule has 0 spiro atoms. The fraction of sp³-hybridized carbons (Fsp3) is 0.444. The number of amides is 2. The second-order valence-electron chi connectivity index (χ2n) is 5.74. The summed E-state index contributed by atoms with van der Waals surface area (Å²) in [6.07, 6.45) is 3.59. The zero-order chi connectivity index (χ0) is 17.4. The van der Waals surface area contributed by atoms with Crippen molar-refractivity contribution < 1.29 is 14.0 Å². The molecule has 6 heteroatoms. The molecule has 1 fully saturated rings. The molecule has 1 N–H and O–H groups in total. The largest absolute Gasteiger partial charge is 0.355 e. The average Bonchev–Trinajstić information content (AvgIpc) is 2.57. The molecule has 1 aromatic rings. The van der Waals surface area contributed by atoms with E-state index in [0.717, 1.165) is 0 Å². The second kappa shape index (κ2) is 9.17. The highest BCUT2D eigenvalue weighted by molar-refractivity contribution is 5.79. The maximum atomic E-state index is 13.5. The zero-order valence-corrected chi connectivity index (χ0v) is 14.0. The Balaban J connectivity index is 1.75. The van der Waals surface area contributed by atoms with Gasteiger partial charge in [0.1, 0.15) is 5.82 Å². The molecular weight excluding hydrogens is 309 g/mol. The Morgan fingerprint density at radius 2 is 1.92 bits per heavy atom. The lowest BCUT2D eigenvalue weighted by Crippen LogP contribution is -2.51. The van der Waals surface area contributed by atoms with Gasteiger partial charge in [-0.3, -0.25) is 14.5 Å². The van der Waals surface area contributed by atoms with Gasteiger partial charge >= 0.3 is 0 Å². The van der Waals surface area contributed by atoms with Gasteiger partial charge in [0.2, 0.25) is 11.8 Å². The maximum absolute atomic E-state index is 13.5. The molecule has 1 aliphatic heterocycles. The highest BCUT2D eigenvalue weighted by Crippen LogP contribution is 2.10. The highest BCUT2D eigenvalue weighted by atomic mass is 19.1. The lowest BCUT2D eigenvalue weighted by molar-refractivity contribution is -0.132. The SMILES string of the molecule is CCNC(=O)CN1CCN(C(=O)C/C=C/c2ccccc2F)CC1. The molecule has 1 aromatic carbocycles. The van der Waals surface area contributed by atoms with Crippen LogP contribution in [0.5, 0.6) is 0 Å². The summed E-state index contributed by atoms with van der Waals surface area (Å²) in [5, 5.41) is 2.77. The van der Waals surface area contributed by atoms with Crippen molar-refractivity contribution in [2.24, 2.45) is 0 Å². The van der Waals surface area contributed by atoms with E-state index < -0.39 is 0 Å². The van der Waals surface area contributed by atoms with Gasteiger partial charge in [-0.15, -0.1) is 0 Å². The van der Waals surface area contributed by atoms with Crippen molar-refractivity contribution in [3.05, 3.63) is 41.7 Å². The number of nitrogens with zero attached hydrogens (tertiary/aromatic N) is 2. The Hall–Kier alpha value is -2.21. The fourth-order valence-electron chi connectivity index (χ4n) is 2.64. The molecule has 1 heterocycles. The number of nitrogens with one attached hydrogen (secondary N) is 1. The molecule has 2 amide bonds. The summed E-state index contributed by atoms with van der Waals surface area (Å²) in [7, 11) is 0. The Morgan fingerprint density at radius 3 is 2.58 bits per heavy atom. The molecule has 2 rings (SSSR count). The van der Waals surface area contributed by atoms with E-state index in [1.165, 1.54) is 6.07 Å². The van der Waals surface area contributed by atoms with Crippen molar-refractivity contribution in [3.8, 4) is 0 Å². The van der Waals surface area contributed by atoms with Crippen LogP contribution in [0.3, 0.4) is 0 Å². The zero-order valence-electron chi connectivity index (χ0n) is 14.0. The Bertz CT molecular complexity index is 596. The van der Waals surface area contributed by atoms with Crippen molar-refractivity contribution in [2.75, 3.05) is 39.3 Å². The van der Waals surface area contributed by atoms with Gasteiger partial charge in [-0.1, -0.05) is 30.4 Å². The van der Waals surface area contributed by atoms with Gasteiger partial charge in [0.05, 0.1) is 6.54 Å². The van der Waals surface area contributed by atoms with Crippen LogP contribution < -0.4 is 5.32 Å². The summed E-state index contributed by atoms with van der Waals surface area (Å²) in [5.74, 6) is -0.245. The highest BCUT2D eigenvalue weighted by Gasteiger charge is 2.21. The smallest absolute Gasteiger partial charge is 0.234 e. The van der Waals surface area contributed by atoms with Gasteiger partial charge in [-0.2, -0.15) is 0 Å². The third kappa shape index (κ3) is 5.45. The minimum Gasteiger partial charge on any atom is -0.355 e. The van der Waals surface area contributed by atoms with Crippen molar-refractivity contribution >= 4 is 17.9 Å². The molecule has 0 atom stereocenters. The topological polar surface area (TPSA) is 52.7 Å². The lowest BCUT2D eigenvalue weighted by atomic mass is 10.2. The van der Waals surface area contributed by atoms with Gasteiger partial charge in [0.25, 0.3) is 0 Å². The van der Waals surface area contributed by atoms with Crippen LogP contribution >= 0.6 is 0 Å². The summed E-state index contributed by atoms with van der Waals surface area (Å²) in [6.45, 7) is 5.52. The van der Waals surface area contributed by atoms with Gasteiger partial charge in [-0.05, 0) is 13.0 Å². The molecule has 24 heavy (non-hydrogen) atoms. The molecule has 0 saturated carbocycles. The number of likely N-dealkylation sites (N-methyl/N-ethyl adjacent to an activating group) is 1. The van der Waals surface area contributed by atoms with Crippen LogP contribution in [0, 0.1) is 5.82 Å². The normalized spacial score (nSPS) is 15.7. The van der Waals surface area contributed by atoms with E-state index in [9.17, 15) is 14.0 Å². The van der Waals surface area contributed by atoms with Gasteiger partial charge < -0.3 is 10.2 Å². The van der Waals surface area contributed by atoms with E-state index in [-0.39, 0.29) is 24.1 Å². The van der Waals surface area contributed by atoms with Crippen molar-refractivity contribution in [1.82, 2.24) is 15.1 Å². The first-order valence-electron chi connectivity index (χ1n) is 8.28. The van der Waals surface area contributed by atoms with E-state index in [4.69, 9.17) is 0 Å². The third-order valence-electron chi connectivity index (χ3n) is 3.96. The number of carbonyl (C=O) groups excluding carboxylic acids is 2. The first-order chi connectivity index (χ1) is 11.6. The van der Waals surface area contributed by atoms with Crippen molar-refractivity contribution in [2.45, 2.75) is 13.3 Å². The molecule has 0 bridgehead atoms. The number of hydrogen-bond donors (Lipinski definition) is 1. The molecule has 0 radical (unpaired) electrons. The number of hydrogen-bond acceptors (Lipinski definition) is 3. The number of halogens is 1. The lowest BCUT2D eigenvalue weighted by Gasteiger charge is -2.34. The minimum absolute atomic E-state index is 0.0186. The van der Waals surface area contributed by atoms with Crippen molar-refractivity contribution in [3.63, 3.8) is 0 Å². The monoisotopic (exact) mass is 333 g/mol. The van der Waals surface area contributed by atoms with Crippen LogP contribution in [0.15, 0.2) is 30.3 Å². The predicted octanol–water partition coefficient (Wildman–Crippen LogP) is 1.51. The standard InChI is InChI=1S/C18H24FN3O2/c1-2-20-17(23)14-21-10-12-22(13-11-21)18(24)9-5-7-15-6-3-4-8-16(15)19/h3-8H,2,9-14H2,1H3,(H,20,23)/b7-5+. The first-order valence-corrected chi connectivity index (χ1v) is 8.28. The summed E-state index contributed by atoms with van der Waals surface area (Å²) in [5.41, 5.74) is 0.483. The molecule has 0 unspecified atom stereocenters. The molecule has 0 aromatic heterocycles. The molecule has 5 nitrogen and oxygen atoms in total. The van der Waals surface area contributed by atoms with Crippen molar-refractivity contribution in [1.29, 1.82) is 0 Å². The third-order valence-corrected chi connectivity index (χ3v) is 3.96. The van der Waals surface area contributed by atoms with E-state index in [1.54, 1.807) is 35.3 Å². The van der Waals surface area contributed by atoms with Crippen LogP contribution in [0.2, 0.25) is 0 Å².